The normalized spacial score (nSPS) is 12.1. The van der Waals surface area contributed by atoms with E-state index in [4.69, 9.17) is 34.8 Å². The maximum atomic E-state index is 12.1. The van der Waals surface area contributed by atoms with E-state index in [-0.39, 0.29) is 5.82 Å². The van der Waals surface area contributed by atoms with E-state index in [0.717, 1.165) is 4.57 Å². The van der Waals surface area contributed by atoms with Crippen LogP contribution in [0.5, 0.6) is 0 Å². The summed E-state index contributed by atoms with van der Waals surface area (Å²) < 4.78 is 22.9. The van der Waals surface area contributed by atoms with Crippen LogP contribution in [0.15, 0.2) is 12.4 Å². The molecule has 0 N–H and O–H groups in total. The van der Waals surface area contributed by atoms with Crippen molar-refractivity contribution < 1.29 is 13.6 Å². The fourth-order valence-electron chi connectivity index (χ4n) is 0.941. The zero-order valence-electron chi connectivity index (χ0n) is 7.13. The van der Waals surface area contributed by atoms with Crippen LogP contribution in [0.2, 0.25) is 0 Å². The molecule has 0 aromatic carbocycles. The topological polar surface area (TPSA) is 34.9 Å². The molecule has 1 aromatic rings. The molecule has 8 heteroatoms. The first-order valence-corrected chi connectivity index (χ1v) is 4.86. The Hall–Kier alpha value is -0.390. The molecular formula is C7H5Cl3F2N2O. The first kappa shape index (κ1) is 12.7. The Bertz CT molecular complexity index is 361. The molecule has 0 unspecified atom stereocenters. The molecule has 0 spiro atoms. The van der Waals surface area contributed by atoms with Crippen LogP contribution in [0, 0.1) is 0 Å². The smallest absolute Gasteiger partial charge is 0.256 e. The Morgan fingerprint density at radius 2 is 2.13 bits per heavy atom. The molecule has 0 amide bonds. The zero-order valence-corrected chi connectivity index (χ0v) is 9.40. The van der Waals surface area contributed by atoms with Crippen LogP contribution in [0.4, 0.5) is 8.78 Å². The van der Waals surface area contributed by atoms with Crippen molar-refractivity contribution in [3.05, 3.63) is 18.2 Å². The summed E-state index contributed by atoms with van der Waals surface area (Å²) in [6, 6.07) is 0. The van der Waals surface area contributed by atoms with Crippen LogP contribution < -0.4 is 0 Å². The molecular weight excluding hydrogens is 272 g/mol. The van der Waals surface area contributed by atoms with Gasteiger partial charge < -0.3 is 4.57 Å². The number of carbonyl (C=O) groups excluding carboxylic acids is 1. The van der Waals surface area contributed by atoms with Gasteiger partial charge in [-0.05, 0) is 0 Å². The average molecular weight is 277 g/mol. The van der Waals surface area contributed by atoms with E-state index >= 15 is 0 Å². The second kappa shape index (κ2) is 4.63. The van der Waals surface area contributed by atoms with Crippen LogP contribution in [-0.4, -0.2) is 25.6 Å². The predicted octanol–water partition coefficient (Wildman–Crippen LogP) is 2.70. The number of rotatable bonds is 3. The minimum absolute atomic E-state index is 0.296. The molecule has 1 rings (SSSR count). The molecule has 0 saturated carbocycles. The van der Waals surface area contributed by atoms with E-state index in [9.17, 15) is 13.6 Å². The van der Waals surface area contributed by atoms with Gasteiger partial charge in [-0.2, -0.15) is 0 Å². The highest BCUT2D eigenvalue weighted by molar-refractivity contribution is 6.77. The van der Waals surface area contributed by atoms with Gasteiger partial charge in [-0.3, -0.25) is 4.79 Å². The third-order valence-electron chi connectivity index (χ3n) is 1.51. The lowest BCUT2D eigenvalue weighted by Crippen LogP contribution is -2.24. The molecule has 0 atom stereocenters. The largest absolute Gasteiger partial charge is 0.323 e. The number of imidazole rings is 1. The lowest BCUT2D eigenvalue weighted by molar-refractivity contribution is 0.0966. The van der Waals surface area contributed by atoms with E-state index in [1.54, 1.807) is 0 Å². The summed E-state index contributed by atoms with van der Waals surface area (Å²) in [5.74, 6) is -1.23. The Labute approximate surface area is 98.9 Å². The summed E-state index contributed by atoms with van der Waals surface area (Å²) in [5.41, 5.74) is 0. The average Bonchev–Trinajstić information content (AvgIpc) is 2.48. The van der Waals surface area contributed by atoms with Crippen molar-refractivity contribution in [2.24, 2.45) is 0 Å². The second-order valence-electron chi connectivity index (χ2n) is 2.62. The van der Waals surface area contributed by atoms with Crippen LogP contribution in [-0.2, 0) is 6.54 Å². The van der Waals surface area contributed by atoms with Gasteiger partial charge in [-0.25, -0.2) is 13.8 Å². The summed E-state index contributed by atoms with van der Waals surface area (Å²) in [6.45, 7) is -0.665. The van der Waals surface area contributed by atoms with Gasteiger partial charge in [0.05, 0.1) is 6.54 Å². The Balaban J connectivity index is 2.95. The van der Waals surface area contributed by atoms with E-state index in [1.165, 1.54) is 12.4 Å². The molecule has 1 aromatic heterocycles. The van der Waals surface area contributed by atoms with E-state index in [1.807, 2.05) is 0 Å². The van der Waals surface area contributed by atoms with Gasteiger partial charge in [0.15, 0.2) is 5.82 Å². The number of halogens is 5. The number of carbonyl (C=O) groups is 1. The maximum Gasteiger partial charge on any atom is 0.256 e. The molecule has 84 valence electrons. The highest BCUT2D eigenvalue weighted by Gasteiger charge is 2.34. The summed E-state index contributed by atoms with van der Waals surface area (Å²) >= 11 is 16.0. The van der Waals surface area contributed by atoms with Crippen molar-refractivity contribution in [3.8, 4) is 0 Å². The van der Waals surface area contributed by atoms with Gasteiger partial charge in [0.1, 0.15) is 0 Å². The minimum Gasteiger partial charge on any atom is -0.323 e. The molecule has 1 heterocycles. The first-order chi connectivity index (χ1) is 6.82. The highest BCUT2D eigenvalue weighted by atomic mass is 35.6. The summed E-state index contributed by atoms with van der Waals surface area (Å²) in [5, 5.41) is 0. The number of Topliss-reactive ketones (excluding diaryl/α,β-unsaturated/α-hetero) is 1. The molecule has 0 saturated heterocycles. The quantitative estimate of drug-likeness (QED) is 0.629. The van der Waals surface area contributed by atoms with E-state index < -0.39 is 22.5 Å². The van der Waals surface area contributed by atoms with Gasteiger partial charge in [-0.1, -0.05) is 34.8 Å². The van der Waals surface area contributed by atoms with Crippen molar-refractivity contribution in [2.75, 3.05) is 0 Å². The monoisotopic (exact) mass is 276 g/mol. The van der Waals surface area contributed by atoms with Crippen LogP contribution in [0.25, 0.3) is 0 Å². The van der Waals surface area contributed by atoms with Crippen molar-refractivity contribution in [1.82, 2.24) is 9.55 Å². The minimum atomic E-state index is -2.61. The highest BCUT2D eigenvalue weighted by Crippen LogP contribution is 2.29. The van der Waals surface area contributed by atoms with E-state index in [2.05, 4.69) is 4.98 Å². The summed E-state index contributed by atoms with van der Waals surface area (Å²) in [7, 11) is 0. The number of hydrogen-bond acceptors (Lipinski definition) is 2. The fourth-order valence-corrected chi connectivity index (χ4v) is 1.19. The molecule has 0 aliphatic rings. The van der Waals surface area contributed by atoms with Crippen LogP contribution >= 0.6 is 34.8 Å². The fraction of sp³-hybridized carbons (Fsp3) is 0.429. The first-order valence-electron chi connectivity index (χ1n) is 3.73. The van der Waals surface area contributed by atoms with Gasteiger partial charge in [0, 0.05) is 12.4 Å². The van der Waals surface area contributed by atoms with Gasteiger partial charge >= 0.3 is 0 Å². The van der Waals surface area contributed by atoms with Crippen molar-refractivity contribution in [2.45, 2.75) is 16.8 Å². The SMILES string of the molecule is O=C(c1nccn1CC(F)F)C(Cl)(Cl)Cl. The number of alkyl halides is 5. The third kappa shape index (κ3) is 3.29. The standard InChI is InChI=1S/C7H5Cl3F2N2O/c8-7(9,10)5(15)6-13-1-2-14(6)3-4(11)12/h1-2,4H,3H2. The van der Waals surface area contributed by atoms with Gasteiger partial charge in [0.2, 0.25) is 5.78 Å². The van der Waals surface area contributed by atoms with Gasteiger partial charge in [0.25, 0.3) is 10.2 Å². The molecule has 0 radical (unpaired) electrons. The van der Waals surface area contributed by atoms with E-state index in [0.29, 0.717) is 0 Å². The number of aromatic nitrogens is 2. The number of ketones is 1. The molecule has 3 nitrogen and oxygen atoms in total. The zero-order chi connectivity index (χ0) is 11.6. The lowest BCUT2D eigenvalue weighted by Gasteiger charge is -2.10. The predicted molar refractivity (Wildman–Crippen MR) is 52.9 cm³/mol. The Kier molecular flexibility index (Phi) is 3.92. The molecule has 0 aliphatic heterocycles. The molecule has 15 heavy (non-hydrogen) atoms. The lowest BCUT2D eigenvalue weighted by atomic mass is 10.4. The molecule has 0 fully saturated rings. The third-order valence-corrected chi connectivity index (χ3v) is 2.03. The van der Waals surface area contributed by atoms with Crippen molar-refractivity contribution in [3.63, 3.8) is 0 Å². The van der Waals surface area contributed by atoms with Gasteiger partial charge in [-0.15, -0.1) is 0 Å². The Morgan fingerprint density at radius 1 is 1.53 bits per heavy atom. The van der Waals surface area contributed by atoms with Crippen molar-refractivity contribution in [1.29, 1.82) is 0 Å². The molecule has 0 bridgehead atoms. The van der Waals surface area contributed by atoms with Crippen LogP contribution in [0.3, 0.4) is 0 Å². The van der Waals surface area contributed by atoms with Crippen molar-refractivity contribution >= 4 is 40.6 Å². The molecule has 0 aliphatic carbocycles. The summed E-state index contributed by atoms with van der Waals surface area (Å²) in [4.78, 5) is 15.0. The Morgan fingerprint density at radius 3 is 2.60 bits per heavy atom. The summed E-state index contributed by atoms with van der Waals surface area (Å²) in [6.07, 6.45) is -0.205. The van der Waals surface area contributed by atoms with Crippen LogP contribution in [0.1, 0.15) is 10.6 Å². The number of hydrogen-bond donors (Lipinski definition) is 0. The second-order valence-corrected chi connectivity index (χ2v) is 4.90. The maximum absolute atomic E-state index is 12.1. The number of nitrogens with zero attached hydrogens (tertiary/aromatic N) is 2.